The second-order valence-electron chi connectivity index (χ2n) is 4.47. The highest BCUT2D eigenvalue weighted by Crippen LogP contribution is 2.45. The van der Waals surface area contributed by atoms with Crippen LogP contribution in [0.15, 0.2) is 18.2 Å². The molecular formula is C13H11F4NO4S2. The molecule has 0 N–H and O–H groups in total. The van der Waals surface area contributed by atoms with Crippen molar-refractivity contribution in [3.05, 3.63) is 28.9 Å². The van der Waals surface area contributed by atoms with Crippen molar-refractivity contribution >= 4 is 21.7 Å². The normalized spacial score (nSPS) is 12.2. The van der Waals surface area contributed by atoms with Crippen molar-refractivity contribution in [3.8, 4) is 22.8 Å². The van der Waals surface area contributed by atoms with Gasteiger partial charge in [-0.1, -0.05) is 0 Å². The molecule has 0 aliphatic carbocycles. The van der Waals surface area contributed by atoms with Gasteiger partial charge in [-0.3, -0.25) is 0 Å². The summed E-state index contributed by atoms with van der Waals surface area (Å²) in [5.74, 6) is -2.44. The van der Waals surface area contributed by atoms with E-state index >= 15 is 0 Å². The SMILES string of the molecule is CCS(=O)(=O)Oc1c(-c2ccc(OC)c(F)c2)nsc1C(F)(F)F. The van der Waals surface area contributed by atoms with Gasteiger partial charge in [0.05, 0.1) is 12.9 Å². The van der Waals surface area contributed by atoms with E-state index in [0.29, 0.717) is 0 Å². The first-order chi connectivity index (χ1) is 11.1. The van der Waals surface area contributed by atoms with E-state index in [-0.39, 0.29) is 22.8 Å². The Morgan fingerprint density at radius 2 is 1.96 bits per heavy atom. The molecule has 2 aromatic rings. The molecule has 5 nitrogen and oxygen atoms in total. The highest BCUT2D eigenvalue weighted by molar-refractivity contribution is 7.87. The van der Waals surface area contributed by atoms with Crippen LogP contribution in [0.3, 0.4) is 0 Å². The van der Waals surface area contributed by atoms with E-state index in [4.69, 9.17) is 4.74 Å². The van der Waals surface area contributed by atoms with Gasteiger partial charge in [-0.2, -0.15) is 26.0 Å². The number of methoxy groups -OCH3 is 1. The van der Waals surface area contributed by atoms with Crippen molar-refractivity contribution in [2.24, 2.45) is 0 Å². The fourth-order valence-corrected chi connectivity index (χ4v) is 3.01. The minimum absolute atomic E-state index is 0.0268. The summed E-state index contributed by atoms with van der Waals surface area (Å²) in [6.45, 7) is 1.22. The van der Waals surface area contributed by atoms with Crippen molar-refractivity contribution < 1.29 is 34.9 Å². The van der Waals surface area contributed by atoms with Crippen LogP contribution in [0.4, 0.5) is 17.6 Å². The number of ether oxygens (including phenoxy) is 1. The lowest BCUT2D eigenvalue weighted by Gasteiger charge is -2.10. The summed E-state index contributed by atoms with van der Waals surface area (Å²) in [4.78, 5) is -1.31. The van der Waals surface area contributed by atoms with Crippen LogP contribution in [0.1, 0.15) is 11.8 Å². The summed E-state index contributed by atoms with van der Waals surface area (Å²) < 4.78 is 89.0. The molecule has 0 amide bonds. The van der Waals surface area contributed by atoms with E-state index in [1.807, 2.05) is 0 Å². The maximum atomic E-state index is 13.8. The molecule has 0 atom stereocenters. The Morgan fingerprint density at radius 1 is 1.29 bits per heavy atom. The molecule has 0 saturated heterocycles. The van der Waals surface area contributed by atoms with E-state index in [2.05, 4.69) is 8.56 Å². The van der Waals surface area contributed by atoms with Gasteiger partial charge in [0.15, 0.2) is 22.2 Å². The van der Waals surface area contributed by atoms with Gasteiger partial charge in [-0.15, -0.1) is 0 Å². The second-order valence-corrected chi connectivity index (χ2v) is 7.10. The first kappa shape index (κ1) is 18.5. The Morgan fingerprint density at radius 3 is 2.46 bits per heavy atom. The third-order valence-corrected chi connectivity index (χ3v) is 4.90. The molecule has 0 spiro atoms. The Kier molecular flexibility index (Phi) is 5.04. The molecule has 0 aliphatic heterocycles. The molecule has 0 unspecified atom stereocenters. The monoisotopic (exact) mass is 385 g/mol. The molecule has 24 heavy (non-hydrogen) atoms. The lowest BCUT2D eigenvalue weighted by molar-refractivity contribution is -0.135. The molecule has 132 valence electrons. The number of nitrogens with zero attached hydrogens (tertiary/aromatic N) is 1. The van der Waals surface area contributed by atoms with Crippen molar-refractivity contribution in [2.75, 3.05) is 12.9 Å². The van der Waals surface area contributed by atoms with Gasteiger partial charge in [-0.05, 0) is 36.7 Å². The number of aromatic nitrogens is 1. The summed E-state index contributed by atoms with van der Waals surface area (Å²) >= 11 is 0.0268. The molecular weight excluding hydrogens is 374 g/mol. The summed E-state index contributed by atoms with van der Waals surface area (Å²) in [6.07, 6.45) is -4.86. The molecule has 1 aromatic heterocycles. The number of benzene rings is 1. The van der Waals surface area contributed by atoms with Gasteiger partial charge in [0.25, 0.3) is 0 Å². The molecule has 2 rings (SSSR count). The highest BCUT2D eigenvalue weighted by Gasteiger charge is 2.40. The Bertz CT molecular complexity index is 846. The summed E-state index contributed by atoms with van der Waals surface area (Å²) in [5.41, 5.74) is -0.479. The Hall–Kier alpha value is -1.88. The van der Waals surface area contributed by atoms with Crippen LogP contribution < -0.4 is 8.92 Å². The Balaban J connectivity index is 2.62. The number of rotatable bonds is 5. The molecule has 0 radical (unpaired) electrons. The molecule has 1 heterocycles. The predicted octanol–water partition coefficient (Wildman–Crippen LogP) is 3.71. The van der Waals surface area contributed by atoms with Crippen LogP contribution in [0, 0.1) is 5.82 Å². The zero-order valence-electron chi connectivity index (χ0n) is 12.3. The average molecular weight is 385 g/mol. The third-order valence-electron chi connectivity index (χ3n) is 2.90. The van der Waals surface area contributed by atoms with Gasteiger partial charge in [0.1, 0.15) is 5.69 Å². The largest absolute Gasteiger partial charge is 0.494 e. The van der Waals surface area contributed by atoms with Gasteiger partial charge in [-0.25, -0.2) is 4.39 Å². The van der Waals surface area contributed by atoms with Crippen LogP contribution in [-0.4, -0.2) is 25.7 Å². The maximum Gasteiger partial charge on any atom is 0.430 e. The topological polar surface area (TPSA) is 65.5 Å². The predicted molar refractivity (Wildman–Crippen MR) is 79.2 cm³/mol. The van der Waals surface area contributed by atoms with E-state index in [9.17, 15) is 26.0 Å². The number of halogens is 4. The zero-order valence-corrected chi connectivity index (χ0v) is 14.0. The summed E-state index contributed by atoms with van der Waals surface area (Å²) in [7, 11) is -3.00. The molecule has 0 aliphatic rings. The lowest BCUT2D eigenvalue weighted by Crippen LogP contribution is -2.14. The maximum absolute atomic E-state index is 13.8. The average Bonchev–Trinajstić information content (AvgIpc) is 2.90. The van der Waals surface area contributed by atoms with Crippen LogP contribution in [0.5, 0.6) is 11.5 Å². The van der Waals surface area contributed by atoms with Crippen LogP contribution >= 0.6 is 11.5 Å². The van der Waals surface area contributed by atoms with Crippen molar-refractivity contribution in [1.29, 1.82) is 0 Å². The first-order valence-electron chi connectivity index (χ1n) is 6.42. The molecule has 0 saturated carbocycles. The van der Waals surface area contributed by atoms with Crippen LogP contribution in [0.25, 0.3) is 11.3 Å². The fourth-order valence-electron chi connectivity index (χ4n) is 1.72. The highest BCUT2D eigenvalue weighted by atomic mass is 32.2. The fraction of sp³-hybridized carbons (Fsp3) is 0.308. The minimum atomic E-state index is -4.86. The molecule has 0 bridgehead atoms. The van der Waals surface area contributed by atoms with Gasteiger partial charge < -0.3 is 8.92 Å². The van der Waals surface area contributed by atoms with Crippen molar-refractivity contribution in [1.82, 2.24) is 4.37 Å². The summed E-state index contributed by atoms with van der Waals surface area (Å²) in [6, 6.07) is 3.33. The van der Waals surface area contributed by atoms with E-state index < -0.39 is 44.2 Å². The number of hydrogen-bond acceptors (Lipinski definition) is 6. The van der Waals surface area contributed by atoms with E-state index in [1.54, 1.807) is 0 Å². The van der Waals surface area contributed by atoms with Crippen molar-refractivity contribution in [3.63, 3.8) is 0 Å². The standard InChI is InChI=1S/C13H11F4NO4S2/c1-3-24(19,20)22-11-10(18-23-12(11)13(15,16)17)7-4-5-9(21-2)8(14)6-7/h4-6H,3H2,1-2H3. The lowest BCUT2D eigenvalue weighted by atomic mass is 10.1. The Labute approximate surface area is 139 Å². The zero-order chi connectivity index (χ0) is 18.1. The van der Waals surface area contributed by atoms with Crippen LogP contribution in [0.2, 0.25) is 0 Å². The molecule has 0 fully saturated rings. The van der Waals surface area contributed by atoms with E-state index in [1.165, 1.54) is 26.2 Å². The van der Waals surface area contributed by atoms with Gasteiger partial charge in [0.2, 0.25) is 0 Å². The van der Waals surface area contributed by atoms with Crippen molar-refractivity contribution in [2.45, 2.75) is 13.1 Å². The number of hydrogen-bond donors (Lipinski definition) is 0. The molecule has 1 aromatic carbocycles. The molecule has 11 heteroatoms. The number of alkyl halides is 3. The quantitative estimate of drug-likeness (QED) is 0.580. The summed E-state index contributed by atoms with van der Waals surface area (Å²) in [5, 5.41) is 0. The smallest absolute Gasteiger partial charge is 0.430 e. The van der Waals surface area contributed by atoms with E-state index in [0.717, 1.165) is 6.07 Å². The van der Waals surface area contributed by atoms with Gasteiger partial charge in [0, 0.05) is 5.56 Å². The van der Waals surface area contributed by atoms with Crippen LogP contribution in [-0.2, 0) is 16.3 Å². The second kappa shape index (κ2) is 6.55. The first-order valence-corrected chi connectivity index (χ1v) is 8.77. The van der Waals surface area contributed by atoms with Gasteiger partial charge >= 0.3 is 16.3 Å². The third kappa shape index (κ3) is 3.78. The minimum Gasteiger partial charge on any atom is -0.494 e.